The second-order valence-electron chi connectivity index (χ2n) is 4.76. The predicted octanol–water partition coefficient (Wildman–Crippen LogP) is 2.25. The molecule has 2 heteroatoms. The zero-order chi connectivity index (χ0) is 10.2. The summed E-state index contributed by atoms with van der Waals surface area (Å²) in [6, 6.07) is 7.59. The lowest BCUT2D eigenvalue weighted by atomic mass is 9.91. The van der Waals surface area contributed by atoms with Gasteiger partial charge in [-0.25, -0.2) is 0 Å². The van der Waals surface area contributed by atoms with Crippen molar-refractivity contribution in [3.63, 3.8) is 0 Å². The van der Waals surface area contributed by atoms with Gasteiger partial charge in [0.1, 0.15) is 5.75 Å². The predicted molar refractivity (Wildman–Crippen MR) is 57.5 cm³/mol. The van der Waals surface area contributed by atoms with Crippen molar-refractivity contribution in [1.82, 2.24) is 5.32 Å². The van der Waals surface area contributed by atoms with Crippen molar-refractivity contribution in [1.29, 1.82) is 0 Å². The number of benzene rings is 1. The molecular formula is C12H17NO. The van der Waals surface area contributed by atoms with Crippen LogP contribution >= 0.6 is 0 Å². The van der Waals surface area contributed by atoms with E-state index >= 15 is 0 Å². The van der Waals surface area contributed by atoms with Crippen molar-refractivity contribution in [3.05, 3.63) is 29.8 Å². The third kappa shape index (κ3) is 1.90. The SMILES string of the molecule is CC1(C)CC(c2cccc(O)c2)CN1. The quantitative estimate of drug-likeness (QED) is 0.713. The Morgan fingerprint density at radius 2 is 2.21 bits per heavy atom. The number of nitrogens with one attached hydrogen (secondary N) is 1. The van der Waals surface area contributed by atoms with Gasteiger partial charge in [-0.1, -0.05) is 12.1 Å². The fourth-order valence-electron chi connectivity index (χ4n) is 2.17. The molecule has 1 aliphatic heterocycles. The zero-order valence-corrected chi connectivity index (χ0v) is 8.75. The van der Waals surface area contributed by atoms with Gasteiger partial charge in [0, 0.05) is 12.1 Å². The maximum atomic E-state index is 9.38. The molecule has 0 aliphatic carbocycles. The smallest absolute Gasteiger partial charge is 0.115 e. The molecule has 14 heavy (non-hydrogen) atoms. The molecule has 1 atom stereocenters. The standard InChI is InChI=1S/C12H17NO/c1-12(2)7-10(8-13-12)9-4-3-5-11(14)6-9/h3-6,10,13-14H,7-8H2,1-2H3. The summed E-state index contributed by atoms with van der Waals surface area (Å²) in [6.45, 7) is 5.45. The van der Waals surface area contributed by atoms with Crippen LogP contribution in [0, 0.1) is 0 Å². The summed E-state index contributed by atoms with van der Waals surface area (Å²) in [5.74, 6) is 0.907. The number of aromatic hydroxyl groups is 1. The molecule has 0 bridgehead atoms. The summed E-state index contributed by atoms with van der Waals surface area (Å²) in [5.41, 5.74) is 1.47. The summed E-state index contributed by atoms with van der Waals surface area (Å²) >= 11 is 0. The Bertz CT molecular complexity index is 333. The van der Waals surface area contributed by atoms with Gasteiger partial charge >= 0.3 is 0 Å². The Morgan fingerprint density at radius 3 is 2.79 bits per heavy atom. The van der Waals surface area contributed by atoms with Crippen molar-refractivity contribution in [2.75, 3.05) is 6.54 Å². The van der Waals surface area contributed by atoms with E-state index in [1.54, 1.807) is 6.07 Å². The van der Waals surface area contributed by atoms with E-state index in [4.69, 9.17) is 0 Å². The van der Waals surface area contributed by atoms with Gasteiger partial charge in [0.15, 0.2) is 0 Å². The van der Waals surface area contributed by atoms with Crippen LogP contribution in [0.1, 0.15) is 31.7 Å². The van der Waals surface area contributed by atoms with Crippen molar-refractivity contribution < 1.29 is 5.11 Å². The molecule has 1 unspecified atom stereocenters. The van der Waals surface area contributed by atoms with E-state index < -0.39 is 0 Å². The van der Waals surface area contributed by atoms with Crippen molar-refractivity contribution >= 4 is 0 Å². The Hall–Kier alpha value is -1.02. The van der Waals surface area contributed by atoms with Crippen LogP contribution in [0.4, 0.5) is 0 Å². The highest BCUT2D eigenvalue weighted by molar-refractivity contribution is 5.31. The second kappa shape index (κ2) is 3.28. The molecule has 0 aromatic heterocycles. The van der Waals surface area contributed by atoms with E-state index in [1.165, 1.54) is 5.56 Å². The minimum atomic E-state index is 0.232. The van der Waals surface area contributed by atoms with Crippen molar-refractivity contribution in [3.8, 4) is 5.75 Å². The Labute approximate surface area is 85.0 Å². The first-order valence-corrected chi connectivity index (χ1v) is 5.11. The molecule has 1 aromatic rings. The van der Waals surface area contributed by atoms with Crippen LogP contribution in [0.25, 0.3) is 0 Å². The lowest BCUT2D eigenvalue weighted by molar-refractivity contribution is 0.454. The lowest BCUT2D eigenvalue weighted by Crippen LogP contribution is -2.31. The molecular weight excluding hydrogens is 174 g/mol. The summed E-state index contributed by atoms with van der Waals surface area (Å²) in [4.78, 5) is 0. The van der Waals surface area contributed by atoms with Crippen LogP contribution in [-0.4, -0.2) is 17.2 Å². The summed E-state index contributed by atoms with van der Waals surface area (Å²) in [7, 11) is 0. The van der Waals surface area contributed by atoms with Gasteiger partial charge in [-0.2, -0.15) is 0 Å². The monoisotopic (exact) mass is 191 g/mol. The van der Waals surface area contributed by atoms with Crippen molar-refractivity contribution in [2.24, 2.45) is 0 Å². The normalized spacial score (nSPS) is 25.1. The molecule has 1 aliphatic rings. The number of hydrogen-bond acceptors (Lipinski definition) is 2. The molecule has 0 radical (unpaired) electrons. The average molecular weight is 191 g/mol. The molecule has 76 valence electrons. The fraction of sp³-hybridized carbons (Fsp3) is 0.500. The minimum absolute atomic E-state index is 0.232. The molecule has 1 aromatic carbocycles. The van der Waals surface area contributed by atoms with Gasteiger partial charge in [0.25, 0.3) is 0 Å². The van der Waals surface area contributed by atoms with Crippen LogP contribution in [0.15, 0.2) is 24.3 Å². The first kappa shape index (κ1) is 9.53. The maximum Gasteiger partial charge on any atom is 0.115 e. The highest BCUT2D eigenvalue weighted by Gasteiger charge is 2.30. The first-order valence-electron chi connectivity index (χ1n) is 5.11. The molecule has 1 heterocycles. The third-order valence-corrected chi connectivity index (χ3v) is 2.93. The molecule has 0 spiro atoms. The first-order chi connectivity index (χ1) is 6.57. The van der Waals surface area contributed by atoms with Gasteiger partial charge in [0.2, 0.25) is 0 Å². The molecule has 0 saturated carbocycles. The number of rotatable bonds is 1. The Kier molecular flexibility index (Phi) is 2.23. The van der Waals surface area contributed by atoms with Crippen LogP contribution < -0.4 is 5.32 Å². The van der Waals surface area contributed by atoms with Crippen LogP contribution in [0.5, 0.6) is 5.75 Å². The largest absolute Gasteiger partial charge is 0.508 e. The van der Waals surface area contributed by atoms with E-state index in [2.05, 4.69) is 25.2 Å². The van der Waals surface area contributed by atoms with Crippen LogP contribution in [0.3, 0.4) is 0 Å². The summed E-state index contributed by atoms with van der Waals surface area (Å²) in [6.07, 6.45) is 1.14. The van der Waals surface area contributed by atoms with Gasteiger partial charge in [0.05, 0.1) is 0 Å². The van der Waals surface area contributed by atoms with E-state index in [9.17, 15) is 5.11 Å². The molecule has 2 N–H and O–H groups in total. The van der Waals surface area contributed by atoms with Crippen LogP contribution in [-0.2, 0) is 0 Å². The summed E-state index contributed by atoms with van der Waals surface area (Å²) < 4.78 is 0. The van der Waals surface area contributed by atoms with Gasteiger partial charge in [-0.3, -0.25) is 0 Å². The summed E-state index contributed by atoms with van der Waals surface area (Å²) in [5, 5.41) is 12.9. The lowest BCUT2D eigenvalue weighted by Gasteiger charge is -2.17. The Morgan fingerprint density at radius 1 is 1.43 bits per heavy atom. The zero-order valence-electron chi connectivity index (χ0n) is 8.75. The topological polar surface area (TPSA) is 32.3 Å². The molecule has 1 saturated heterocycles. The van der Waals surface area contributed by atoms with Gasteiger partial charge < -0.3 is 10.4 Å². The highest BCUT2D eigenvalue weighted by atomic mass is 16.3. The van der Waals surface area contributed by atoms with E-state index in [1.807, 2.05) is 12.1 Å². The maximum absolute atomic E-state index is 9.38. The van der Waals surface area contributed by atoms with Crippen molar-refractivity contribution in [2.45, 2.75) is 31.7 Å². The second-order valence-corrected chi connectivity index (χ2v) is 4.76. The molecule has 2 rings (SSSR count). The van der Waals surface area contributed by atoms with Gasteiger partial charge in [-0.15, -0.1) is 0 Å². The minimum Gasteiger partial charge on any atom is -0.508 e. The average Bonchev–Trinajstić information content (AvgIpc) is 2.46. The van der Waals surface area contributed by atoms with Gasteiger partial charge in [-0.05, 0) is 43.9 Å². The number of phenols is 1. The fourth-order valence-corrected chi connectivity index (χ4v) is 2.17. The third-order valence-electron chi connectivity index (χ3n) is 2.93. The molecule has 2 nitrogen and oxygen atoms in total. The van der Waals surface area contributed by atoms with E-state index in [-0.39, 0.29) is 5.54 Å². The number of phenolic OH excluding ortho intramolecular Hbond substituents is 1. The molecule has 1 fully saturated rings. The Balaban J connectivity index is 2.17. The van der Waals surface area contributed by atoms with Crippen LogP contribution in [0.2, 0.25) is 0 Å². The number of hydrogen-bond donors (Lipinski definition) is 2. The molecule has 0 amide bonds. The highest BCUT2D eigenvalue weighted by Crippen LogP contribution is 2.32. The van der Waals surface area contributed by atoms with E-state index in [0.717, 1.165) is 13.0 Å². The van der Waals surface area contributed by atoms with E-state index in [0.29, 0.717) is 11.7 Å².